The maximum Gasteiger partial charge on any atom is 0.347 e. The van der Waals surface area contributed by atoms with Crippen LogP contribution >= 0.6 is 0 Å². The molecule has 0 N–H and O–H groups in total. The Hall–Kier alpha value is -1.78. The lowest BCUT2D eigenvalue weighted by Crippen LogP contribution is -2.23. The van der Waals surface area contributed by atoms with Gasteiger partial charge in [-0.25, -0.2) is 9.59 Å². The highest BCUT2D eigenvalue weighted by Gasteiger charge is 2.36. The van der Waals surface area contributed by atoms with E-state index in [1.807, 2.05) is 19.9 Å². The van der Waals surface area contributed by atoms with Crippen LogP contribution in [0, 0.1) is 13.8 Å². The number of hydrogen-bond donors (Lipinski definition) is 0. The third-order valence-electron chi connectivity index (χ3n) is 3.99. The lowest BCUT2D eigenvalue weighted by molar-refractivity contribution is -0.147. The summed E-state index contributed by atoms with van der Waals surface area (Å²) in [5.41, 5.74) is 2.55. The average Bonchev–Trinajstić information content (AvgIpc) is 3.08. The fourth-order valence-electron chi connectivity index (χ4n) is 2.89. The van der Waals surface area contributed by atoms with Gasteiger partial charge in [0.25, 0.3) is 0 Å². The van der Waals surface area contributed by atoms with Gasteiger partial charge in [0, 0.05) is 23.9 Å². The molecule has 1 saturated heterocycles. The van der Waals surface area contributed by atoms with Crippen molar-refractivity contribution in [1.82, 2.24) is 4.57 Å². The van der Waals surface area contributed by atoms with Crippen LogP contribution in [0.2, 0.25) is 0 Å². The van der Waals surface area contributed by atoms with Gasteiger partial charge in [0.15, 0.2) is 0 Å². The number of ether oxygens (including phenoxy) is 2. The van der Waals surface area contributed by atoms with Crippen LogP contribution in [0.3, 0.4) is 0 Å². The third kappa shape index (κ3) is 2.21. The lowest BCUT2D eigenvalue weighted by Gasteiger charge is -2.09. The van der Waals surface area contributed by atoms with Gasteiger partial charge >= 0.3 is 11.9 Å². The Bertz CT molecular complexity index is 571. The molecule has 2 aliphatic rings. The largest absolute Gasteiger partial charge is 0.460 e. The average molecular weight is 277 g/mol. The number of cyclic esters (lactones) is 1. The van der Waals surface area contributed by atoms with Crippen molar-refractivity contribution in [2.24, 2.45) is 0 Å². The molecule has 108 valence electrons. The molecule has 20 heavy (non-hydrogen) atoms. The Morgan fingerprint density at radius 1 is 1.40 bits per heavy atom. The molecular weight excluding hydrogens is 258 g/mol. The number of aromatic nitrogens is 1. The van der Waals surface area contributed by atoms with Gasteiger partial charge in [-0.1, -0.05) is 0 Å². The molecule has 3 rings (SSSR count). The zero-order valence-electron chi connectivity index (χ0n) is 12.0. The second-order valence-electron chi connectivity index (χ2n) is 5.76. The molecule has 1 aromatic heterocycles. The molecule has 2 atom stereocenters. The summed E-state index contributed by atoms with van der Waals surface area (Å²) in [6, 6.07) is 2.37. The first kappa shape index (κ1) is 13.2. The predicted molar refractivity (Wildman–Crippen MR) is 71.6 cm³/mol. The van der Waals surface area contributed by atoms with E-state index < -0.39 is 18.0 Å². The molecular formula is C15H19NO4. The Morgan fingerprint density at radius 2 is 2.10 bits per heavy atom. The standard InChI is InChI=1S/C15H19NO4/c1-8-6-12(10(3)16(8)11-4-5-11)14(17)20-13-7-9(2)19-15(13)18/h6,9,11,13H,4-5,7H2,1-3H3/t9-,13-/m1/s1. The molecule has 5 nitrogen and oxygen atoms in total. The van der Waals surface area contributed by atoms with Crippen LogP contribution in [0.15, 0.2) is 6.07 Å². The van der Waals surface area contributed by atoms with Crippen LogP contribution in [-0.2, 0) is 14.3 Å². The molecule has 0 unspecified atom stereocenters. The molecule has 2 fully saturated rings. The van der Waals surface area contributed by atoms with E-state index in [2.05, 4.69) is 4.57 Å². The minimum Gasteiger partial charge on any atom is -0.460 e. The number of esters is 2. The number of rotatable bonds is 3. The molecule has 0 radical (unpaired) electrons. The maximum atomic E-state index is 12.2. The molecule has 2 heterocycles. The lowest BCUT2D eigenvalue weighted by atomic mass is 10.2. The Kier molecular flexibility index (Phi) is 3.07. The van der Waals surface area contributed by atoms with E-state index in [1.165, 1.54) is 0 Å². The van der Waals surface area contributed by atoms with Gasteiger partial charge in [0.2, 0.25) is 6.10 Å². The highest BCUT2D eigenvalue weighted by atomic mass is 16.6. The SMILES string of the molecule is Cc1cc(C(=O)O[C@@H]2C[C@@H](C)OC2=O)c(C)n1C1CC1. The van der Waals surface area contributed by atoms with Crippen LogP contribution in [0.1, 0.15) is 54.0 Å². The topological polar surface area (TPSA) is 57.5 Å². The first-order valence-corrected chi connectivity index (χ1v) is 7.07. The first-order valence-electron chi connectivity index (χ1n) is 7.07. The van der Waals surface area contributed by atoms with Crippen molar-refractivity contribution >= 4 is 11.9 Å². The van der Waals surface area contributed by atoms with Crippen molar-refractivity contribution in [3.8, 4) is 0 Å². The molecule has 5 heteroatoms. The van der Waals surface area contributed by atoms with Crippen LogP contribution in [-0.4, -0.2) is 28.7 Å². The molecule has 1 aliphatic carbocycles. The summed E-state index contributed by atoms with van der Waals surface area (Å²) in [6.45, 7) is 5.72. The summed E-state index contributed by atoms with van der Waals surface area (Å²) in [5.74, 6) is -0.872. The van der Waals surface area contributed by atoms with Crippen molar-refractivity contribution < 1.29 is 19.1 Å². The molecule has 0 spiro atoms. The van der Waals surface area contributed by atoms with Crippen molar-refractivity contribution in [1.29, 1.82) is 0 Å². The summed E-state index contributed by atoms with van der Waals surface area (Å²) in [7, 11) is 0. The van der Waals surface area contributed by atoms with Crippen molar-refractivity contribution in [3.05, 3.63) is 23.0 Å². The van der Waals surface area contributed by atoms with Crippen LogP contribution < -0.4 is 0 Å². The Morgan fingerprint density at radius 3 is 2.65 bits per heavy atom. The molecule has 0 bridgehead atoms. The van der Waals surface area contributed by atoms with Crippen molar-refractivity contribution in [2.45, 2.75) is 58.3 Å². The van der Waals surface area contributed by atoms with Crippen LogP contribution in [0.4, 0.5) is 0 Å². The number of carbonyl (C=O) groups is 2. The van der Waals surface area contributed by atoms with Gasteiger partial charge in [0.05, 0.1) is 5.56 Å². The minimum atomic E-state index is -0.763. The molecule has 1 aromatic rings. The van der Waals surface area contributed by atoms with Crippen LogP contribution in [0.25, 0.3) is 0 Å². The first-order chi connectivity index (χ1) is 9.47. The van der Waals surface area contributed by atoms with E-state index in [0.717, 1.165) is 24.2 Å². The maximum absolute atomic E-state index is 12.2. The van der Waals surface area contributed by atoms with E-state index in [1.54, 1.807) is 6.92 Å². The Labute approximate surface area is 117 Å². The monoisotopic (exact) mass is 277 g/mol. The summed E-state index contributed by atoms with van der Waals surface area (Å²) in [6.07, 6.45) is 1.82. The number of carbonyl (C=O) groups excluding carboxylic acids is 2. The number of aryl methyl sites for hydroxylation is 1. The van der Waals surface area contributed by atoms with Crippen LogP contribution in [0.5, 0.6) is 0 Å². The summed E-state index contributed by atoms with van der Waals surface area (Å²) in [5, 5.41) is 0. The zero-order valence-corrected chi connectivity index (χ0v) is 12.0. The quantitative estimate of drug-likeness (QED) is 0.795. The second-order valence-corrected chi connectivity index (χ2v) is 5.76. The van der Waals surface area contributed by atoms with Crippen molar-refractivity contribution in [3.63, 3.8) is 0 Å². The summed E-state index contributed by atoms with van der Waals surface area (Å²) in [4.78, 5) is 23.8. The summed E-state index contributed by atoms with van der Waals surface area (Å²) >= 11 is 0. The van der Waals surface area contributed by atoms with Crippen molar-refractivity contribution in [2.75, 3.05) is 0 Å². The highest BCUT2D eigenvalue weighted by Crippen LogP contribution is 2.38. The smallest absolute Gasteiger partial charge is 0.347 e. The Balaban J connectivity index is 1.77. The molecule has 0 aromatic carbocycles. The second kappa shape index (κ2) is 4.65. The van der Waals surface area contributed by atoms with E-state index in [9.17, 15) is 9.59 Å². The van der Waals surface area contributed by atoms with E-state index >= 15 is 0 Å². The fourth-order valence-corrected chi connectivity index (χ4v) is 2.89. The van der Waals surface area contributed by atoms with E-state index in [-0.39, 0.29) is 6.10 Å². The van der Waals surface area contributed by atoms with Gasteiger partial charge in [-0.3, -0.25) is 0 Å². The predicted octanol–water partition coefficient (Wildman–Crippen LogP) is 2.30. The van der Waals surface area contributed by atoms with E-state index in [0.29, 0.717) is 18.0 Å². The van der Waals surface area contributed by atoms with Gasteiger partial charge in [0.1, 0.15) is 6.10 Å². The number of hydrogen-bond acceptors (Lipinski definition) is 4. The van der Waals surface area contributed by atoms with Gasteiger partial charge in [-0.05, 0) is 39.7 Å². The van der Waals surface area contributed by atoms with Gasteiger partial charge < -0.3 is 14.0 Å². The molecule has 1 aliphatic heterocycles. The summed E-state index contributed by atoms with van der Waals surface area (Å²) < 4.78 is 12.5. The third-order valence-corrected chi connectivity index (χ3v) is 3.99. The normalized spacial score (nSPS) is 25.6. The zero-order chi connectivity index (χ0) is 14.4. The molecule has 1 saturated carbocycles. The number of nitrogens with zero attached hydrogens (tertiary/aromatic N) is 1. The van der Waals surface area contributed by atoms with Gasteiger partial charge in [-0.15, -0.1) is 0 Å². The molecule has 0 amide bonds. The van der Waals surface area contributed by atoms with E-state index in [4.69, 9.17) is 9.47 Å². The highest BCUT2D eigenvalue weighted by molar-refractivity contribution is 5.93. The fraction of sp³-hybridized carbons (Fsp3) is 0.600. The van der Waals surface area contributed by atoms with Gasteiger partial charge in [-0.2, -0.15) is 0 Å². The minimum absolute atomic E-state index is 0.181.